The van der Waals surface area contributed by atoms with Gasteiger partial charge in [0.1, 0.15) is 0 Å². The van der Waals surface area contributed by atoms with E-state index in [0.29, 0.717) is 31.1 Å². The Labute approximate surface area is 128 Å². The highest BCUT2D eigenvalue weighted by Crippen LogP contribution is 2.21. The van der Waals surface area contributed by atoms with Gasteiger partial charge in [-0.1, -0.05) is 22.0 Å². The lowest BCUT2D eigenvalue weighted by atomic mass is 10.4. The Kier molecular flexibility index (Phi) is 5.57. The van der Waals surface area contributed by atoms with E-state index in [0.717, 1.165) is 17.4 Å². The van der Waals surface area contributed by atoms with Crippen LogP contribution >= 0.6 is 15.9 Å². The lowest BCUT2D eigenvalue weighted by molar-refractivity contribution is 0.202. The average molecular weight is 363 g/mol. The molecule has 7 heteroatoms. The normalized spacial score (nSPS) is 18.9. The van der Waals surface area contributed by atoms with Crippen LogP contribution in [0.3, 0.4) is 0 Å². The third kappa shape index (κ3) is 3.79. The zero-order valence-electron chi connectivity index (χ0n) is 11.2. The number of β-amino-alcohol motifs (C(OH)–C–C–N with tert-alkyl or cyclic N) is 1. The zero-order chi connectivity index (χ0) is 14.6. The zero-order valence-corrected chi connectivity index (χ0v) is 13.6. The first-order valence-corrected chi connectivity index (χ1v) is 8.86. The molecule has 1 aromatic carbocycles. The fraction of sp³-hybridized carbons (Fsp3) is 0.538. The van der Waals surface area contributed by atoms with Crippen LogP contribution in [0, 0.1) is 0 Å². The number of hydrogen-bond donors (Lipinski definition) is 1. The van der Waals surface area contributed by atoms with Crippen molar-refractivity contribution in [1.82, 2.24) is 9.21 Å². The van der Waals surface area contributed by atoms with Gasteiger partial charge in [0.05, 0.1) is 11.5 Å². The average Bonchev–Trinajstić information content (AvgIpc) is 2.65. The van der Waals surface area contributed by atoms with Crippen molar-refractivity contribution in [3.05, 3.63) is 28.7 Å². The van der Waals surface area contributed by atoms with Gasteiger partial charge in [0.15, 0.2) is 0 Å². The molecule has 1 N–H and O–H groups in total. The molecule has 0 bridgehead atoms. The molecule has 112 valence electrons. The monoisotopic (exact) mass is 362 g/mol. The lowest BCUT2D eigenvalue weighted by Gasteiger charge is -2.21. The molecule has 2 rings (SSSR count). The van der Waals surface area contributed by atoms with Crippen molar-refractivity contribution in [1.29, 1.82) is 0 Å². The lowest BCUT2D eigenvalue weighted by Crippen LogP contribution is -2.35. The Morgan fingerprint density at radius 1 is 1.20 bits per heavy atom. The largest absolute Gasteiger partial charge is 0.395 e. The van der Waals surface area contributed by atoms with Gasteiger partial charge in [-0.3, -0.25) is 4.90 Å². The van der Waals surface area contributed by atoms with E-state index in [9.17, 15) is 8.42 Å². The number of rotatable bonds is 4. The minimum Gasteiger partial charge on any atom is -0.395 e. The number of halogens is 1. The van der Waals surface area contributed by atoms with Gasteiger partial charge in [-0.25, -0.2) is 8.42 Å². The maximum absolute atomic E-state index is 12.6. The number of aliphatic hydroxyl groups is 1. The second kappa shape index (κ2) is 7.00. The van der Waals surface area contributed by atoms with Crippen molar-refractivity contribution < 1.29 is 13.5 Å². The Bertz CT molecular complexity index is 550. The molecule has 0 aromatic heterocycles. The van der Waals surface area contributed by atoms with Crippen LogP contribution in [0.2, 0.25) is 0 Å². The van der Waals surface area contributed by atoms with Gasteiger partial charge in [-0.2, -0.15) is 4.31 Å². The van der Waals surface area contributed by atoms with Crippen LogP contribution in [0.25, 0.3) is 0 Å². The first-order valence-electron chi connectivity index (χ1n) is 6.63. The summed E-state index contributed by atoms with van der Waals surface area (Å²) in [6.07, 6.45) is 0.785. The van der Waals surface area contributed by atoms with E-state index in [1.54, 1.807) is 18.2 Å². The molecule has 0 amide bonds. The van der Waals surface area contributed by atoms with Gasteiger partial charge in [0.25, 0.3) is 0 Å². The number of sulfonamides is 1. The van der Waals surface area contributed by atoms with Crippen LogP contribution in [-0.4, -0.2) is 62.1 Å². The molecule has 1 aliphatic heterocycles. The van der Waals surface area contributed by atoms with Crippen molar-refractivity contribution >= 4 is 26.0 Å². The van der Waals surface area contributed by atoms with Gasteiger partial charge in [-0.15, -0.1) is 0 Å². The molecule has 0 radical (unpaired) electrons. The maximum Gasteiger partial charge on any atom is 0.243 e. The summed E-state index contributed by atoms with van der Waals surface area (Å²) in [6, 6.07) is 6.79. The van der Waals surface area contributed by atoms with Crippen LogP contribution in [0.1, 0.15) is 6.42 Å². The van der Waals surface area contributed by atoms with Crippen molar-refractivity contribution in [2.75, 3.05) is 39.3 Å². The third-order valence-corrected chi connectivity index (χ3v) is 5.79. The topological polar surface area (TPSA) is 60.9 Å². The summed E-state index contributed by atoms with van der Waals surface area (Å²) in [5, 5.41) is 8.97. The van der Waals surface area contributed by atoms with Crippen LogP contribution in [-0.2, 0) is 10.0 Å². The Morgan fingerprint density at radius 2 is 2.00 bits per heavy atom. The molecule has 0 aliphatic carbocycles. The fourth-order valence-electron chi connectivity index (χ4n) is 2.33. The molecule has 1 heterocycles. The minimum absolute atomic E-state index is 0.110. The van der Waals surface area contributed by atoms with Gasteiger partial charge in [0, 0.05) is 30.7 Å². The highest BCUT2D eigenvalue weighted by molar-refractivity contribution is 9.10. The molecule has 20 heavy (non-hydrogen) atoms. The van der Waals surface area contributed by atoms with Crippen LogP contribution in [0.15, 0.2) is 33.6 Å². The molecule has 0 unspecified atom stereocenters. The van der Waals surface area contributed by atoms with Gasteiger partial charge in [0.2, 0.25) is 10.0 Å². The van der Waals surface area contributed by atoms with Crippen molar-refractivity contribution in [3.63, 3.8) is 0 Å². The maximum atomic E-state index is 12.6. The van der Waals surface area contributed by atoms with Crippen molar-refractivity contribution in [2.45, 2.75) is 11.3 Å². The van der Waals surface area contributed by atoms with Crippen molar-refractivity contribution in [3.8, 4) is 0 Å². The minimum atomic E-state index is -3.43. The summed E-state index contributed by atoms with van der Waals surface area (Å²) in [5.74, 6) is 0. The van der Waals surface area contributed by atoms with Crippen molar-refractivity contribution in [2.24, 2.45) is 0 Å². The second-order valence-electron chi connectivity index (χ2n) is 4.78. The second-order valence-corrected chi connectivity index (χ2v) is 7.63. The Hall–Kier alpha value is -0.470. The number of hydrogen-bond acceptors (Lipinski definition) is 4. The van der Waals surface area contributed by atoms with E-state index in [2.05, 4.69) is 20.8 Å². The third-order valence-electron chi connectivity index (χ3n) is 3.40. The molecule has 1 fully saturated rings. The summed E-state index contributed by atoms with van der Waals surface area (Å²) < 4.78 is 27.5. The predicted molar refractivity (Wildman–Crippen MR) is 81.0 cm³/mol. The quantitative estimate of drug-likeness (QED) is 0.872. The standard InChI is InChI=1S/C13H19BrN2O3S/c14-12-3-1-4-13(11-12)20(18,19)16-6-2-5-15(7-8-16)9-10-17/h1,3-4,11,17H,2,5-10H2. The molecular formula is C13H19BrN2O3S. The molecule has 0 spiro atoms. The van der Waals surface area contributed by atoms with E-state index >= 15 is 0 Å². The summed E-state index contributed by atoms with van der Waals surface area (Å²) in [5.41, 5.74) is 0. The number of benzene rings is 1. The smallest absolute Gasteiger partial charge is 0.243 e. The molecule has 0 atom stereocenters. The summed E-state index contributed by atoms with van der Waals surface area (Å²) in [7, 11) is -3.43. The van der Waals surface area contributed by atoms with Gasteiger partial charge >= 0.3 is 0 Å². The first-order chi connectivity index (χ1) is 9.54. The van der Waals surface area contributed by atoms with Crippen LogP contribution < -0.4 is 0 Å². The van der Waals surface area contributed by atoms with E-state index in [1.807, 2.05) is 6.07 Å². The first kappa shape index (κ1) is 15.9. The highest BCUT2D eigenvalue weighted by atomic mass is 79.9. The molecule has 1 aliphatic rings. The molecular weight excluding hydrogens is 344 g/mol. The van der Waals surface area contributed by atoms with E-state index in [-0.39, 0.29) is 6.61 Å². The molecule has 1 saturated heterocycles. The predicted octanol–water partition coefficient (Wildman–Crippen LogP) is 1.14. The number of aliphatic hydroxyl groups excluding tert-OH is 1. The van der Waals surface area contributed by atoms with E-state index < -0.39 is 10.0 Å². The molecule has 5 nitrogen and oxygen atoms in total. The molecule has 1 aromatic rings. The fourth-order valence-corrected chi connectivity index (χ4v) is 4.40. The summed E-state index contributed by atoms with van der Waals surface area (Å²) in [4.78, 5) is 2.42. The number of nitrogens with zero attached hydrogens (tertiary/aromatic N) is 2. The highest BCUT2D eigenvalue weighted by Gasteiger charge is 2.26. The van der Waals surface area contributed by atoms with Crippen LogP contribution in [0.5, 0.6) is 0 Å². The summed E-state index contributed by atoms with van der Waals surface area (Å²) in [6.45, 7) is 3.19. The Balaban J connectivity index is 2.14. The van der Waals surface area contributed by atoms with Gasteiger partial charge < -0.3 is 5.11 Å². The Morgan fingerprint density at radius 3 is 2.70 bits per heavy atom. The summed E-state index contributed by atoms with van der Waals surface area (Å²) >= 11 is 3.31. The van der Waals surface area contributed by atoms with Crippen LogP contribution in [0.4, 0.5) is 0 Å². The SMILES string of the molecule is O=S(=O)(c1cccc(Br)c1)N1CCCN(CCO)CC1. The van der Waals surface area contributed by atoms with E-state index in [1.165, 1.54) is 4.31 Å². The van der Waals surface area contributed by atoms with E-state index in [4.69, 9.17) is 5.11 Å². The molecule has 0 saturated carbocycles. The van der Waals surface area contributed by atoms with Gasteiger partial charge in [-0.05, 0) is 31.2 Å².